The van der Waals surface area contributed by atoms with Crippen molar-refractivity contribution >= 4 is 5.91 Å². The van der Waals surface area contributed by atoms with Gasteiger partial charge in [0.1, 0.15) is 5.75 Å². The van der Waals surface area contributed by atoms with Crippen LogP contribution in [0, 0.1) is 5.92 Å². The minimum absolute atomic E-state index is 0.313. The van der Waals surface area contributed by atoms with Gasteiger partial charge in [0.15, 0.2) is 0 Å². The van der Waals surface area contributed by atoms with E-state index in [1.54, 1.807) is 7.11 Å². The van der Waals surface area contributed by atoms with Crippen molar-refractivity contribution in [3.63, 3.8) is 0 Å². The molecule has 3 rings (SSSR count). The van der Waals surface area contributed by atoms with E-state index in [-0.39, 0.29) is 0 Å². The van der Waals surface area contributed by atoms with Crippen LogP contribution in [0.1, 0.15) is 31.2 Å². The van der Waals surface area contributed by atoms with Crippen LogP contribution >= 0.6 is 0 Å². The van der Waals surface area contributed by atoms with Crippen LogP contribution < -0.4 is 4.74 Å². The molecule has 0 bridgehead atoms. The normalized spacial score (nSPS) is 20.3. The molecule has 0 spiro atoms. The number of carbonyl (C=O) groups is 1. The average molecular weight is 302 g/mol. The molecule has 0 unspecified atom stereocenters. The second kappa shape index (κ2) is 7.14. The molecule has 4 nitrogen and oxygen atoms in total. The Morgan fingerprint density at radius 2 is 1.73 bits per heavy atom. The highest BCUT2D eigenvalue weighted by atomic mass is 16.5. The lowest BCUT2D eigenvalue weighted by Gasteiger charge is -2.36. The number of methoxy groups -OCH3 is 1. The summed E-state index contributed by atoms with van der Waals surface area (Å²) in [5.74, 6) is 1.62. The molecule has 1 aliphatic heterocycles. The van der Waals surface area contributed by atoms with Crippen LogP contribution in [0.15, 0.2) is 24.3 Å². The van der Waals surface area contributed by atoms with Gasteiger partial charge in [-0.2, -0.15) is 0 Å². The predicted molar refractivity (Wildman–Crippen MR) is 86.8 cm³/mol. The molecule has 1 saturated heterocycles. The van der Waals surface area contributed by atoms with Crippen molar-refractivity contribution in [2.75, 3.05) is 33.3 Å². The molecule has 1 aromatic rings. The van der Waals surface area contributed by atoms with Crippen LogP contribution in [0.2, 0.25) is 0 Å². The summed E-state index contributed by atoms with van der Waals surface area (Å²) in [5, 5.41) is 0. The zero-order valence-electron chi connectivity index (χ0n) is 13.5. The second-order valence-electron chi connectivity index (χ2n) is 6.43. The summed E-state index contributed by atoms with van der Waals surface area (Å²) in [7, 11) is 1.69. The van der Waals surface area contributed by atoms with Gasteiger partial charge < -0.3 is 9.64 Å². The molecule has 120 valence electrons. The van der Waals surface area contributed by atoms with Crippen molar-refractivity contribution in [1.82, 2.24) is 9.80 Å². The van der Waals surface area contributed by atoms with Crippen molar-refractivity contribution in [1.29, 1.82) is 0 Å². The van der Waals surface area contributed by atoms with Crippen LogP contribution in [0.3, 0.4) is 0 Å². The lowest BCUT2D eigenvalue weighted by Crippen LogP contribution is -2.49. The third-order valence-electron chi connectivity index (χ3n) is 4.95. The van der Waals surface area contributed by atoms with Gasteiger partial charge in [-0.25, -0.2) is 0 Å². The number of hydrogen-bond donors (Lipinski definition) is 0. The Morgan fingerprint density at radius 3 is 2.32 bits per heavy atom. The molecule has 1 saturated carbocycles. The van der Waals surface area contributed by atoms with Crippen molar-refractivity contribution in [3.05, 3.63) is 29.8 Å². The van der Waals surface area contributed by atoms with Crippen LogP contribution in [-0.2, 0) is 11.3 Å². The van der Waals surface area contributed by atoms with Crippen LogP contribution in [0.25, 0.3) is 0 Å². The van der Waals surface area contributed by atoms with Gasteiger partial charge in [-0.3, -0.25) is 9.69 Å². The van der Waals surface area contributed by atoms with E-state index in [0.717, 1.165) is 51.3 Å². The van der Waals surface area contributed by atoms with Gasteiger partial charge in [-0.15, -0.1) is 0 Å². The fourth-order valence-corrected chi connectivity index (χ4v) is 3.55. The summed E-state index contributed by atoms with van der Waals surface area (Å²) in [5.41, 5.74) is 1.30. The molecule has 1 heterocycles. The van der Waals surface area contributed by atoms with E-state index in [9.17, 15) is 4.79 Å². The second-order valence-corrected chi connectivity index (χ2v) is 6.43. The first-order chi connectivity index (χ1) is 10.8. The molecule has 4 heteroatoms. The fraction of sp³-hybridized carbons (Fsp3) is 0.611. The Bertz CT molecular complexity index is 486. The van der Waals surface area contributed by atoms with Gasteiger partial charge in [0, 0.05) is 38.6 Å². The van der Waals surface area contributed by atoms with Crippen LogP contribution in [-0.4, -0.2) is 49.0 Å². The molecular formula is C18H26N2O2. The van der Waals surface area contributed by atoms with Crippen molar-refractivity contribution in [2.45, 2.75) is 32.2 Å². The molecule has 1 aromatic carbocycles. The Balaban J connectivity index is 1.47. The van der Waals surface area contributed by atoms with E-state index in [1.165, 1.54) is 18.4 Å². The smallest absolute Gasteiger partial charge is 0.225 e. The summed E-state index contributed by atoms with van der Waals surface area (Å²) in [4.78, 5) is 16.9. The number of ether oxygens (including phenoxy) is 1. The lowest BCUT2D eigenvalue weighted by molar-refractivity contribution is -0.137. The molecule has 0 aromatic heterocycles. The number of hydrogen-bond acceptors (Lipinski definition) is 3. The van der Waals surface area contributed by atoms with E-state index >= 15 is 0 Å². The fourth-order valence-electron chi connectivity index (χ4n) is 3.55. The minimum atomic E-state index is 0.313. The Labute approximate surface area is 133 Å². The SMILES string of the molecule is COc1ccc(CN2CCN(C(=O)C3CCCC3)CC2)cc1. The van der Waals surface area contributed by atoms with Crippen molar-refractivity contribution in [3.8, 4) is 5.75 Å². The maximum atomic E-state index is 12.4. The molecule has 1 aliphatic carbocycles. The molecule has 1 amide bonds. The van der Waals surface area contributed by atoms with Crippen molar-refractivity contribution in [2.24, 2.45) is 5.92 Å². The van der Waals surface area contributed by atoms with Crippen LogP contribution in [0.4, 0.5) is 0 Å². The number of carbonyl (C=O) groups excluding carboxylic acids is 1. The number of piperazine rings is 1. The van der Waals surface area contributed by atoms with Crippen LogP contribution in [0.5, 0.6) is 5.75 Å². The number of rotatable bonds is 4. The van der Waals surface area contributed by atoms with E-state index in [1.807, 2.05) is 12.1 Å². The molecule has 2 aliphatic rings. The quantitative estimate of drug-likeness (QED) is 0.857. The first-order valence-corrected chi connectivity index (χ1v) is 8.40. The molecule has 22 heavy (non-hydrogen) atoms. The van der Waals surface area contributed by atoms with Gasteiger partial charge in [-0.1, -0.05) is 25.0 Å². The highest BCUT2D eigenvalue weighted by molar-refractivity contribution is 5.79. The monoisotopic (exact) mass is 302 g/mol. The predicted octanol–water partition coefficient (Wildman–Crippen LogP) is 2.53. The minimum Gasteiger partial charge on any atom is -0.497 e. The van der Waals surface area contributed by atoms with E-state index < -0.39 is 0 Å². The van der Waals surface area contributed by atoms with Gasteiger partial charge in [0.05, 0.1) is 7.11 Å². The highest BCUT2D eigenvalue weighted by Crippen LogP contribution is 2.27. The summed E-state index contributed by atoms with van der Waals surface area (Å²) < 4.78 is 5.19. The highest BCUT2D eigenvalue weighted by Gasteiger charge is 2.29. The van der Waals surface area contributed by atoms with E-state index in [2.05, 4.69) is 21.9 Å². The van der Waals surface area contributed by atoms with Crippen molar-refractivity contribution < 1.29 is 9.53 Å². The Hall–Kier alpha value is -1.55. The molecule has 0 atom stereocenters. The lowest BCUT2D eigenvalue weighted by atomic mass is 10.1. The molecule has 0 radical (unpaired) electrons. The summed E-state index contributed by atoms with van der Waals surface area (Å²) in [6.07, 6.45) is 4.66. The average Bonchev–Trinajstić information content (AvgIpc) is 3.10. The third-order valence-corrected chi connectivity index (χ3v) is 4.95. The number of nitrogens with zero attached hydrogens (tertiary/aromatic N) is 2. The van der Waals surface area contributed by atoms with Gasteiger partial charge >= 0.3 is 0 Å². The van der Waals surface area contributed by atoms with E-state index in [4.69, 9.17) is 4.74 Å². The Kier molecular flexibility index (Phi) is 4.98. The molecule has 0 N–H and O–H groups in total. The zero-order valence-corrected chi connectivity index (χ0v) is 13.5. The topological polar surface area (TPSA) is 32.8 Å². The standard InChI is InChI=1S/C18H26N2O2/c1-22-17-8-6-15(7-9-17)14-19-10-12-20(13-11-19)18(21)16-4-2-3-5-16/h6-9,16H,2-5,10-14H2,1H3. The number of amides is 1. The third kappa shape index (κ3) is 3.61. The first kappa shape index (κ1) is 15.3. The summed E-state index contributed by atoms with van der Waals surface area (Å²) in [6, 6.07) is 8.26. The number of benzene rings is 1. The molecule has 2 fully saturated rings. The zero-order chi connectivity index (χ0) is 15.4. The maximum absolute atomic E-state index is 12.4. The van der Waals surface area contributed by atoms with Gasteiger partial charge in [0.25, 0.3) is 0 Å². The first-order valence-electron chi connectivity index (χ1n) is 8.40. The maximum Gasteiger partial charge on any atom is 0.225 e. The summed E-state index contributed by atoms with van der Waals surface area (Å²) in [6.45, 7) is 4.67. The largest absolute Gasteiger partial charge is 0.497 e. The van der Waals surface area contributed by atoms with Gasteiger partial charge in [-0.05, 0) is 30.5 Å². The molecular weight excluding hydrogens is 276 g/mol. The van der Waals surface area contributed by atoms with Gasteiger partial charge in [0.2, 0.25) is 5.91 Å². The summed E-state index contributed by atoms with van der Waals surface area (Å²) >= 11 is 0. The van der Waals surface area contributed by atoms with E-state index in [0.29, 0.717) is 11.8 Å². The Morgan fingerprint density at radius 1 is 1.09 bits per heavy atom.